The Labute approximate surface area is 201 Å². The van der Waals surface area contributed by atoms with E-state index >= 15 is 0 Å². The number of benzene rings is 2. The number of nitro groups is 1. The summed E-state index contributed by atoms with van der Waals surface area (Å²) in [7, 11) is 0. The second-order valence-electron chi connectivity index (χ2n) is 6.73. The van der Waals surface area contributed by atoms with Crippen LogP contribution in [0, 0.1) is 21.4 Å². The van der Waals surface area contributed by atoms with Crippen LogP contribution in [-0.4, -0.2) is 27.4 Å². The molecular formula is C23H15N5O4S2. The van der Waals surface area contributed by atoms with E-state index in [9.17, 15) is 20.2 Å². The summed E-state index contributed by atoms with van der Waals surface area (Å²) in [5, 5.41) is 28.1. The molecule has 0 saturated carbocycles. The van der Waals surface area contributed by atoms with Crippen molar-refractivity contribution in [2.75, 3.05) is 11.9 Å². The van der Waals surface area contributed by atoms with Gasteiger partial charge in [0.25, 0.3) is 11.6 Å². The van der Waals surface area contributed by atoms with Crippen molar-refractivity contribution in [3.05, 3.63) is 86.2 Å². The van der Waals surface area contributed by atoms with Crippen molar-refractivity contribution < 1.29 is 14.5 Å². The largest absolute Gasteiger partial charge is 0.483 e. The number of anilines is 1. The number of nitriles is 1. The van der Waals surface area contributed by atoms with Gasteiger partial charge in [-0.1, -0.05) is 30.3 Å². The van der Waals surface area contributed by atoms with Gasteiger partial charge < -0.3 is 4.74 Å². The Morgan fingerprint density at radius 3 is 2.76 bits per heavy atom. The molecule has 4 rings (SSSR count). The van der Waals surface area contributed by atoms with Crippen LogP contribution < -0.4 is 10.1 Å². The topological polar surface area (TPSA) is 131 Å². The molecule has 11 heteroatoms. The van der Waals surface area contributed by atoms with Crippen LogP contribution in [0.2, 0.25) is 0 Å². The number of allylic oxidation sites excluding steroid dienone is 1. The quantitative estimate of drug-likeness (QED) is 0.203. The number of aromatic nitrogens is 2. The molecule has 2 heterocycles. The maximum atomic E-state index is 12.2. The summed E-state index contributed by atoms with van der Waals surface area (Å²) in [6.07, 6.45) is 3.03. The maximum absolute atomic E-state index is 12.2. The molecule has 0 radical (unpaired) electrons. The minimum atomic E-state index is -0.542. The molecule has 0 bridgehead atoms. The molecule has 0 fully saturated rings. The predicted octanol–water partition coefficient (Wildman–Crippen LogP) is 5.26. The third-order valence-electron chi connectivity index (χ3n) is 4.47. The summed E-state index contributed by atoms with van der Waals surface area (Å²) in [5.41, 5.74) is 1.95. The molecule has 4 aromatic rings. The molecule has 9 nitrogen and oxygen atoms in total. The number of nitrogens with one attached hydrogen (secondary N) is 1. The van der Waals surface area contributed by atoms with E-state index in [-0.39, 0.29) is 29.2 Å². The van der Waals surface area contributed by atoms with E-state index < -0.39 is 10.8 Å². The normalized spacial score (nSPS) is 11.0. The lowest BCUT2D eigenvalue weighted by molar-refractivity contribution is -0.384. The average molecular weight is 490 g/mol. The van der Waals surface area contributed by atoms with E-state index in [0.29, 0.717) is 10.1 Å². The van der Waals surface area contributed by atoms with Gasteiger partial charge in [-0.05, 0) is 12.1 Å². The first-order valence-electron chi connectivity index (χ1n) is 9.77. The first-order chi connectivity index (χ1) is 16.5. The van der Waals surface area contributed by atoms with Gasteiger partial charge in [0.2, 0.25) is 0 Å². The lowest BCUT2D eigenvalue weighted by Crippen LogP contribution is -2.20. The van der Waals surface area contributed by atoms with Gasteiger partial charge in [0.15, 0.2) is 11.7 Å². The maximum Gasteiger partial charge on any atom is 0.270 e. The molecule has 1 amide bonds. The van der Waals surface area contributed by atoms with Crippen LogP contribution in [0.4, 0.5) is 10.8 Å². The number of nitro benzene ring substituents is 1. The Morgan fingerprint density at radius 2 is 2.06 bits per heavy atom. The highest BCUT2D eigenvalue weighted by Gasteiger charge is 2.15. The third kappa shape index (κ3) is 5.50. The van der Waals surface area contributed by atoms with Gasteiger partial charge in [0.1, 0.15) is 16.8 Å². The monoisotopic (exact) mass is 489 g/mol. The molecule has 0 aliphatic carbocycles. The zero-order chi connectivity index (χ0) is 23.9. The second kappa shape index (κ2) is 10.5. The SMILES string of the molecule is N#CC(=Cc1cc([N+](=O)[O-])ccc1OCC(=O)Nc1nccs1)c1nc(-c2ccccc2)cs1. The smallest absolute Gasteiger partial charge is 0.270 e. The highest BCUT2D eigenvalue weighted by atomic mass is 32.1. The first-order valence-corrected chi connectivity index (χ1v) is 11.5. The van der Waals surface area contributed by atoms with E-state index in [4.69, 9.17) is 4.74 Å². The van der Waals surface area contributed by atoms with Crippen LogP contribution in [0.3, 0.4) is 0 Å². The average Bonchev–Trinajstić information content (AvgIpc) is 3.54. The number of amides is 1. The van der Waals surface area contributed by atoms with Gasteiger partial charge in [0.05, 0.1) is 16.2 Å². The fraction of sp³-hybridized carbons (Fsp3) is 0.0435. The summed E-state index contributed by atoms with van der Waals surface area (Å²) in [6.45, 7) is -0.338. The summed E-state index contributed by atoms with van der Waals surface area (Å²) < 4.78 is 5.61. The summed E-state index contributed by atoms with van der Waals surface area (Å²) in [4.78, 5) is 31.4. The number of nitrogens with zero attached hydrogens (tertiary/aromatic N) is 4. The van der Waals surface area contributed by atoms with Crippen molar-refractivity contribution >= 4 is 51.0 Å². The van der Waals surface area contributed by atoms with Crippen LogP contribution in [0.15, 0.2) is 65.5 Å². The van der Waals surface area contributed by atoms with Crippen LogP contribution in [-0.2, 0) is 4.79 Å². The van der Waals surface area contributed by atoms with Crippen molar-refractivity contribution in [3.8, 4) is 23.1 Å². The van der Waals surface area contributed by atoms with E-state index in [1.807, 2.05) is 35.7 Å². The van der Waals surface area contributed by atoms with E-state index in [0.717, 1.165) is 11.3 Å². The molecule has 0 unspecified atom stereocenters. The van der Waals surface area contributed by atoms with Gasteiger partial charge >= 0.3 is 0 Å². The predicted molar refractivity (Wildman–Crippen MR) is 130 cm³/mol. The molecule has 1 N–H and O–H groups in total. The number of thiazole rings is 2. The fourth-order valence-electron chi connectivity index (χ4n) is 2.91. The second-order valence-corrected chi connectivity index (χ2v) is 8.48. The van der Waals surface area contributed by atoms with E-state index in [2.05, 4.69) is 21.4 Å². The minimum absolute atomic E-state index is 0.174. The summed E-state index contributed by atoms with van der Waals surface area (Å²) >= 11 is 2.55. The molecule has 34 heavy (non-hydrogen) atoms. The van der Waals surface area contributed by atoms with Crippen molar-refractivity contribution in [2.45, 2.75) is 0 Å². The molecule has 2 aromatic heterocycles. The molecule has 0 aliphatic rings. The zero-order valence-electron chi connectivity index (χ0n) is 17.4. The van der Waals surface area contributed by atoms with Crippen LogP contribution in [0.25, 0.3) is 22.9 Å². The minimum Gasteiger partial charge on any atom is -0.483 e. The Hall–Kier alpha value is -4.40. The number of non-ortho nitro benzene ring substituents is 1. The molecular weight excluding hydrogens is 474 g/mol. The van der Waals surface area contributed by atoms with Gasteiger partial charge in [-0.3, -0.25) is 20.2 Å². The number of hydrogen-bond donors (Lipinski definition) is 1. The molecule has 2 aromatic carbocycles. The molecule has 0 aliphatic heterocycles. The standard InChI is InChI=1S/C23H15N5O4S2/c24-12-17(22-26-19(14-34-22)15-4-2-1-3-5-15)10-16-11-18(28(30)31)6-7-20(16)32-13-21(29)27-23-25-8-9-33-23/h1-11,14H,13H2,(H,25,27,29). The summed E-state index contributed by atoms with van der Waals surface area (Å²) in [6, 6.07) is 15.6. The van der Waals surface area contributed by atoms with Gasteiger partial charge in [-0.15, -0.1) is 22.7 Å². The van der Waals surface area contributed by atoms with Crippen LogP contribution in [0.5, 0.6) is 5.75 Å². The van der Waals surface area contributed by atoms with Crippen LogP contribution in [0.1, 0.15) is 10.6 Å². The van der Waals surface area contributed by atoms with Crippen molar-refractivity contribution in [3.63, 3.8) is 0 Å². The van der Waals surface area contributed by atoms with Crippen molar-refractivity contribution in [1.29, 1.82) is 5.26 Å². The zero-order valence-corrected chi connectivity index (χ0v) is 19.0. The number of carbonyl (C=O) groups is 1. The van der Waals surface area contributed by atoms with Crippen molar-refractivity contribution in [1.82, 2.24) is 9.97 Å². The molecule has 0 spiro atoms. The fourth-order valence-corrected chi connectivity index (χ4v) is 4.25. The number of rotatable bonds is 8. The lowest BCUT2D eigenvalue weighted by atomic mass is 10.1. The van der Waals surface area contributed by atoms with E-state index in [1.165, 1.54) is 46.9 Å². The van der Waals surface area contributed by atoms with Gasteiger partial charge in [0, 0.05) is 40.2 Å². The highest BCUT2D eigenvalue weighted by Crippen LogP contribution is 2.31. The Bertz CT molecular complexity index is 1390. The Balaban J connectivity index is 1.61. The van der Waals surface area contributed by atoms with Gasteiger partial charge in [-0.2, -0.15) is 5.26 Å². The lowest BCUT2D eigenvalue weighted by Gasteiger charge is -2.09. The summed E-state index contributed by atoms with van der Waals surface area (Å²) in [5.74, 6) is -0.219. The first kappa shape index (κ1) is 22.8. The molecule has 0 atom stereocenters. The van der Waals surface area contributed by atoms with Gasteiger partial charge in [-0.25, -0.2) is 9.97 Å². The third-order valence-corrected chi connectivity index (χ3v) is 6.03. The molecule has 0 saturated heterocycles. The number of ether oxygens (including phenoxy) is 1. The number of hydrogen-bond acceptors (Lipinski definition) is 9. The van der Waals surface area contributed by atoms with Crippen molar-refractivity contribution in [2.24, 2.45) is 0 Å². The van der Waals surface area contributed by atoms with Crippen LogP contribution >= 0.6 is 22.7 Å². The number of carbonyl (C=O) groups excluding carboxylic acids is 1. The Morgan fingerprint density at radius 1 is 1.24 bits per heavy atom. The van der Waals surface area contributed by atoms with E-state index in [1.54, 1.807) is 11.6 Å². The Kier molecular flexibility index (Phi) is 7.02. The molecule has 168 valence electrons. The highest BCUT2D eigenvalue weighted by molar-refractivity contribution is 7.13.